The van der Waals surface area contributed by atoms with Crippen LogP contribution in [0.15, 0.2) is 30.3 Å². The van der Waals surface area contributed by atoms with Crippen molar-refractivity contribution in [1.82, 2.24) is 25.2 Å². The van der Waals surface area contributed by atoms with Crippen molar-refractivity contribution in [3.63, 3.8) is 0 Å². The maximum absolute atomic E-state index is 17.2. The maximum atomic E-state index is 17.2. The topological polar surface area (TPSA) is 75.6 Å². The zero-order valence-electron chi connectivity index (χ0n) is 30.3. The minimum absolute atomic E-state index is 0.0737. The quantitative estimate of drug-likeness (QED) is 0.156. The molecule has 2 aromatic heterocycles. The Morgan fingerprint density at radius 3 is 2.38 bits per heavy atom. The number of ether oxygens (including phenoxy) is 2. The molecule has 8 nitrogen and oxygen atoms in total. The number of anilines is 1. The second-order valence-electron chi connectivity index (χ2n) is 15.7. The summed E-state index contributed by atoms with van der Waals surface area (Å²) in [5.74, 6) is 1.08. The Bertz CT molecular complexity index is 2330. The molecule has 5 aliphatic rings. The Balaban J connectivity index is 1.13. The van der Waals surface area contributed by atoms with Gasteiger partial charge < -0.3 is 19.7 Å². The molecule has 4 fully saturated rings. The fraction of sp³-hybridized carbons (Fsp3) is 0.513. The van der Waals surface area contributed by atoms with Crippen LogP contribution in [0.3, 0.4) is 0 Å². The third-order valence-electron chi connectivity index (χ3n) is 12.5. The number of alkyl halides is 9. The van der Waals surface area contributed by atoms with Crippen LogP contribution in [0.4, 0.5) is 54.1 Å². The van der Waals surface area contributed by atoms with Crippen LogP contribution in [-0.4, -0.2) is 100.0 Å². The van der Waals surface area contributed by atoms with Gasteiger partial charge in [-0.1, -0.05) is 30.2 Å². The normalized spacial score (nSPS) is 26.2. The lowest BCUT2D eigenvalue weighted by molar-refractivity contribution is -0.463. The average Bonchev–Trinajstić information content (AvgIpc) is 3.80. The van der Waals surface area contributed by atoms with Gasteiger partial charge in [0.25, 0.3) is 0 Å². The molecule has 0 aliphatic carbocycles. The molecule has 2 aromatic carbocycles. The van der Waals surface area contributed by atoms with E-state index in [2.05, 4.69) is 25.9 Å². The summed E-state index contributed by atoms with van der Waals surface area (Å²) >= 11 is 0. The molecule has 1 N–H and O–H groups in total. The number of hydrogen-bond donors (Lipinski definition) is 1. The van der Waals surface area contributed by atoms with Crippen LogP contribution < -0.4 is 15.0 Å². The van der Waals surface area contributed by atoms with Gasteiger partial charge in [-0.25, -0.2) is 13.8 Å². The fourth-order valence-corrected chi connectivity index (χ4v) is 9.98. The number of fused-ring (bicyclic) bond motifs is 7. The van der Waals surface area contributed by atoms with E-state index in [4.69, 9.17) is 21.1 Å². The van der Waals surface area contributed by atoms with Gasteiger partial charge in [0, 0.05) is 42.2 Å². The summed E-state index contributed by atoms with van der Waals surface area (Å²) in [5.41, 5.74) is -7.55. The van der Waals surface area contributed by atoms with E-state index in [1.807, 2.05) is 0 Å². The Kier molecular flexibility index (Phi) is 8.89. The second-order valence-corrected chi connectivity index (χ2v) is 15.7. The van der Waals surface area contributed by atoms with Crippen molar-refractivity contribution in [3.8, 4) is 29.6 Å². The minimum Gasteiger partial charge on any atom is -0.461 e. The molecular weight excluding hydrogens is 793 g/mol. The fourth-order valence-electron chi connectivity index (χ4n) is 9.98. The number of piperazine rings is 1. The average molecular weight is 827 g/mol. The third-order valence-corrected chi connectivity index (χ3v) is 12.5. The van der Waals surface area contributed by atoms with Crippen molar-refractivity contribution < 1.29 is 57.8 Å². The number of halogens is 11. The molecule has 0 spiro atoms. The summed E-state index contributed by atoms with van der Waals surface area (Å²) in [6.45, 7) is -0.500. The number of benzene rings is 2. The van der Waals surface area contributed by atoms with Gasteiger partial charge in [-0.05, 0) is 62.9 Å². The Hall–Kier alpha value is -4.54. The van der Waals surface area contributed by atoms with Gasteiger partial charge in [-0.2, -0.15) is 49.5 Å². The molecule has 0 amide bonds. The summed E-state index contributed by atoms with van der Waals surface area (Å²) in [6, 6.07) is 7.33. The first-order valence-corrected chi connectivity index (χ1v) is 18.7. The molecule has 5 atom stereocenters. The van der Waals surface area contributed by atoms with Gasteiger partial charge in [0.2, 0.25) is 0 Å². The monoisotopic (exact) mass is 826 g/mol. The van der Waals surface area contributed by atoms with Crippen LogP contribution in [0.5, 0.6) is 6.01 Å². The van der Waals surface area contributed by atoms with Crippen LogP contribution in [0.1, 0.15) is 49.8 Å². The summed E-state index contributed by atoms with van der Waals surface area (Å²) < 4.78 is 167. The Morgan fingerprint density at radius 2 is 1.66 bits per heavy atom. The highest BCUT2D eigenvalue weighted by molar-refractivity contribution is 6.02. The first-order chi connectivity index (χ1) is 27.4. The number of terminal acetylenes is 1. The third kappa shape index (κ3) is 5.79. The molecule has 58 heavy (non-hydrogen) atoms. The van der Waals surface area contributed by atoms with E-state index in [0.29, 0.717) is 48.1 Å². The minimum atomic E-state index is -6.88. The van der Waals surface area contributed by atoms with Gasteiger partial charge in [0.15, 0.2) is 5.82 Å². The molecule has 19 heteroatoms. The molecule has 2 bridgehead atoms. The highest BCUT2D eigenvalue weighted by atomic mass is 19.4. The molecule has 4 aromatic rings. The van der Waals surface area contributed by atoms with Crippen LogP contribution in [0, 0.1) is 24.0 Å². The molecule has 308 valence electrons. The van der Waals surface area contributed by atoms with Crippen LogP contribution in [0.2, 0.25) is 0 Å². The van der Waals surface area contributed by atoms with Gasteiger partial charge in [-0.15, -0.1) is 6.42 Å². The summed E-state index contributed by atoms with van der Waals surface area (Å²) in [6.07, 6.45) is -14.4. The highest BCUT2D eigenvalue weighted by Gasteiger charge is 2.86. The lowest BCUT2D eigenvalue weighted by Crippen LogP contribution is -2.68. The van der Waals surface area contributed by atoms with E-state index in [0.717, 1.165) is 12.8 Å². The van der Waals surface area contributed by atoms with E-state index >= 15 is 8.78 Å². The predicted octanol–water partition coefficient (Wildman–Crippen LogP) is 7.79. The van der Waals surface area contributed by atoms with Gasteiger partial charge in [0.05, 0.1) is 28.3 Å². The smallest absolute Gasteiger partial charge is 0.435 e. The summed E-state index contributed by atoms with van der Waals surface area (Å²) in [5, 5.41) is 4.72. The van der Waals surface area contributed by atoms with E-state index in [1.54, 1.807) is 18.2 Å². The molecule has 0 radical (unpaired) electrons. The van der Waals surface area contributed by atoms with E-state index in [1.165, 1.54) is 17.0 Å². The number of aryl methyl sites for hydroxylation is 1. The van der Waals surface area contributed by atoms with Crippen molar-refractivity contribution in [1.29, 1.82) is 0 Å². The van der Waals surface area contributed by atoms with Crippen LogP contribution >= 0.6 is 0 Å². The molecule has 4 saturated heterocycles. The predicted molar refractivity (Wildman–Crippen MR) is 187 cm³/mol. The van der Waals surface area contributed by atoms with E-state index in [9.17, 15) is 39.5 Å². The highest BCUT2D eigenvalue weighted by Crippen LogP contribution is 2.57. The number of nitrogens with one attached hydrogen (secondary N) is 1. The van der Waals surface area contributed by atoms with Crippen molar-refractivity contribution in [3.05, 3.63) is 53.2 Å². The van der Waals surface area contributed by atoms with E-state index in [-0.39, 0.29) is 64.8 Å². The van der Waals surface area contributed by atoms with Gasteiger partial charge >= 0.3 is 30.1 Å². The zero-order valence-corrected chi connectivity index (χ0v) is 30.3. The number of aromatic nitrogens is 3. The first-order valence-electron chi connectivity index (χ1n) is 18.7. The number of pyridine rings is 1. The lowest BCUT2D eigenvalue weighted by Gasteiger charge is -2.41. The van der Waals surface area contributed by atoms with Crippen molar-refractivity contribution in [2.45, 2.75) is 98.8 Å². The number of hydrogen-bond acceptors (Lipinski definition) is 8. The van der Waals surface area contributed by atoms with Gasteiger partial charge in [0.1, 0.15) is 29.5 Å². The zero-order chi connectivity index (χ0) is 41.2. The SMILES string of the molecule is C#Cc1c(F)ccc2cccc(-c3nc4c5c(nc(OC[C@]67CCCN6C[C@@H](OC(C(F)(F)F)(C(F)(F)F)C(F)(F)F)C7)nc5c3F)N3C[C@H]5CC[C@H](N5)[C@H]3CC4)c12. The van der Waals surface area contributed by atoms with Crippen molar-refractivity contribution in [2.75, 3.05) is 31.1 Å². The Morgan fingerprint density at radius 1 is 0.897 bits per heavy atom. The van der Waals surface area contributed by atoms with E-state index < -0.39 is 67.0 Å². The number of rotatable bonds is 6. The second kappa shape index (κ2) is 13.2. The van der Waals surface area contributed by atoms with Crippen molar-refractivity contribution >= 4 is 27.5 Å². The van der Waals surface area contributed by atoms with Crippen molar-refractivity contribution in [2.24, 2.45) is 0 Å². The molecular formula is C39H33F11N6O2. The standard InChI is InChI=1S/C39H33F11N6O2/c1-2-22-24(40)9-7-19-5-3-6-23(28(19)22)31-30(41)32-29-26(52-31)11-12-27-25-10-8-20(51-25)16-56(27)33(29)54-34(53-32)57-18-35-13-4-14-55(35)17-21(15-35)58-36(37(42,43)44,38(45,46)47)39(48,49)50/h1,3,5-7,9,20-21,25,27,51H,4,8,10-18H2/t20-,21+,25+,27-,35-/m1/s1. The van der Waals surface area contributed by atoms with Crippen LogP contribution in [0.25, 0.3) is 32.9 Å². The first kappa shape index (κ1) is 38.9. The molecule has 0 unspecified atom stereocenters. The summed E-state index contributed by atoms with van der Waals surface area (Å²) in [7, 11) is 0. The molecule has 9 rings (SSSR count). The number of nitrogens with zero attached hydrogens (tertiary/aromatic N) is 5. The Labute approximate surface area is 323 Å². The molecule has 5 aliphatic heterocycles. The summed E-state index contributed by atoms with van der Waals surface area (Å²) in [4.78, 5) is 17.5. The largest absolute Gasteiger partial charge is 0.461 e. The lowest BCUT2D eigenvalue weighted by atomic mass is 9.93. The van der Waals surface area contributed by atoms with Gasteiger partial charge in [-0.3, -0.25) is 4.90 Å². The molecule has 7 heterocycles. The molecule has 0 saturated carbocycles. The van der Waals surface area contributed by atoms with Crippen LogP contribution in [-0.2, 0) is 11.2 Å². The maximum Gasteiger partial charge on any atom is 0.435 e.